The van der Waals surface area contributed by atoms with Crippen molar-refractivity contribution in [1.82, 2.24) is 9.55 Å². The molecule has 2 heterocycles. The van der Waals surface area contributed by atoms with Crippen LogP contribution in [0.2, 0.25) is 5.02 Å². The fourth-order valence-corrected chi connectivity index (χ4v) is 3.63. The molecule has 4 aromatic rings. The molecule has 146 valence electrons. The average Bonchev–Trinajstić information content (AvgIpc) is 3.05. The number of hydrogen-bond donors (Lipinski definition) is 1. The Bertz CT molecular complexity index is 1160. The van der Waals surface area contributed by atoms with Crippen molar-refractivity contribution in [3.05, 3.63) is 101 Å². The van der Waals surface area contributed by atoms with Crippen LogP contribution in [-0.2, 0) is 7.05 Å². The molecule has 0 spiro atoms. The van der Waals surface area contributed by atoms with E-state index in [1.165, 1.54) is 12.1 Å². The highest BCUT2D eigenvalue weighted by atomic mass is 35.5. The van der Waals surface area contributed by atoms with E-state index >= 15 is 0 Å². The van der Waals surface area contributed by atoms with Crippen LogP contribution in [0.25, 0.3) is 22.4 Å². The number of halogens is 3. The first-order chi connectivity index (χ1) is 14.0. The minimum atomic E-state index is -1.06. The van der Waals surface area contributed by atoms with Gasteiger partial charge in [0, 0.05) is 59.0 Å². The van der Waals surface area contributed by atoms with Gasteiger partial charge >= 0.3 is 0 Å². The summed E-state index contributed by atoms with van der Waals surface area (Å²) in [5, 5.41) is 11.8. The molecule has 4 rings (SSSR count). The summed E-state index contributed by atoms with van der Waals surface area (Å²) < 4.78 is 29.9. The van der Waals surface area contributed by atoms with Gasteiger partial charge in [0.05, 0.1) is 5.69 Å². The largest absolute Gasteiger partial charge is 0.383 e. The molecule has 1 atom stereocenters. The van der Waals surface area contributed by atoms with Crippen LogP contribution < -0.4 is 0 Å². The summed E-state index contributed by atoms with van der Waals surface area (Å²) in [6, 6.07) is 14.1. The van der Waals surface area contributed by atoms with Crippen molar-refractivity contribution in [1.29, 1.82) is 0 Å². The van der Waals surface area contributed by atoms with Crippen molar-refractivity contribution in [2.75, 3.05) is 0 Å². The maximum Gasteiger partial charge on any atom is 0.135 e. The van der Waals surface area contributed by atoms with Crippen molar-refractivity contribution < 1.29 is 13.9 Å². The Balaban J connectivity index is 1.99. The van der Waals surface area contributed by atoms with E-state index in [9.17, 15) is 13.9 Å². The number of hydrogen-bond acceptors (Lipinski definition) is 2. The van der Waals surface area contributed by atoms with Crippen molar-refractivity contribution in [3.63, 3.8) is 0 Å². The van der Waals surface area contributed by atoms with E-state index in [0.29, 0.717) is 21.8 Å². The van der Waals surface area contributed by atoms with Crippen LogP contribution in [0.5, 0.6) is 0 Å². The lowest BCUT2D eigenvalue weighted by molar-refractivity contribution is 0.221. The summed E-state index contributed by atoms with van der Waals surface area (Å²) in [5.74, 6) is -1.36. The molecule has 0 radical (unpaired) electrons. The fraction of sp³-hybridized carbons (Fsp3) is 0.0870. The van der Waals surface area contributed by atoms with Crippen LogP contribution in [0.15, 0.2) is 73.2 Å². The summed E-state index contributed by atoms with van der Waals surface area (Å²) in [4.78, 5) is 4.08. The van der Waals surface area contributed by atoms with E-state index < -0.39 is 17.7 Å². The van der Waals surface area contributed by atoms with Crippen molar-refractivity contribution in [2.24, 2.45) is 7.05 Å². The lowest BCUT2D eigenvalue weighted by atomic mass is 9.93. The SMILES string of the molecule is Cn1cc(-c2ccc(Cl)cc2)c(C(O)c2cccnc2)c1-c1ccc(F)cc1F. The summed E-state index contributed by atoms with van der Waals surface area (Å²) in [6.07, 6.45) is 3.93. The molecule has 0 aliphatic heterocycles. The highest BCUT2D eigenvalue weighted by Crippen LogP contribution is 2.41. The number of aryl methyl sites for hydroxylation is 1. The minimum absolute atomic E-state index is 0.201. The number of aromatic nitrogens is 2. The number of aliphatic hydroxyl groups excluding tert-OH is 1. The molecule has 29 heavy (non-hydrogen) atoms. The maximum atomic E-state index is 14.7. The second kappa shape index (κ2) is 7.78. The predicted molar refractivity (Wildman–Crippen MR) is 110 cm³/mol. The number of aliphatic hydroxyl groups is 1. The molecule has 0 aliphatic rings. The Morgan fingerprint density at radius 2 is 1.79 bits per heavy atom. The van der Waals surface area contributed by atoms with Crippen LogP contribution in [0.4, 0.5) is 8.78 Å². The average molecular weight is 411 g/mol. The van der Waals surface area contributed by atoms with E-state index in [4.69, 9.17) is 11.6 Å². The third kappa shape index (κ3) is 3.67. The first-order valence-electron chi connectivity index (χ1n) is 8.94. The van der Waals surface area contributed by atoms with Crippen molar-refractivity contribution in [3.8, 4) is 22.4 Å². The van der Waals surface area contributed by atoms with Gasteiger partial charge in [0.1, 0.15) is 17.7 Å². The van der Waals surface area contributed by atoms with E-state index in [-0.39, 0.29) is 5.56 Å². The zero-order valence-electron chi connectivity index (χ0n) is 15.5. The molecule has 1 N–H and O–H groups in total. The molecule has 0 aliphatic carbocycles. The van der Waals surface area contributed by atoms with Crippen LogP contribution in [0, 0.1) is 11.6 Å². The Hall–Kier alpha value is -3.02. The lowest BCUT2D eigenvalue weighted by Gasteiger charge is -2.16. The first-order valence-corrected chi connectivity index (χ1v) is 9.32. The normalized spacial score (nSPS) is 12.2. The predicted octanol–water partition coefficient (Wildman–Crippen LogP) is 5.77. The first kappa shape index (κ1) is 19.3. The third-order valence-electron chi connectivity index (χ3n) is 4.84. The van der Waals surface area contributed by atoms with Gasteiger partial charge < -0.3 is 9.67 Å². The zero-order chi connectivity index (χ0) is 20.5. The number of pyridine rings is 1. The summed E-state index contributed by atoms with van der Waals surface area (Å²) in [7, 11) is 1.76. The number of nitrogens with zero attached hydrogens (tertiary/aromatic N) is 2. The molecular formula is C23H17ClF2N2O. The number of rotatable bonds is 4. The Morgan fingerprint density at radius 3 is 2.45 bits per heavy atom. The van der Waals surface area contributed by atoms with Gasteiger partial charge in [0.25, 0.3) is 0 Å². The van der Waals surface area contributed by atoms with E-state index in [2.05, 4.69) is 4.98 Å². The van der Waals surface area contributed by atoms with Crippen LogP contribution in [-0.4, -0.2) is 14.7 Å². The van der Waals surface area contributed by atoms with Gasteiger partial charge in [-0.2, -0.15) is 0 Å². The maximum absolute atomic E-state index is 14.7. The summed E-state index contributed by atoms with van der Waals surface area (Å²) in [6.45, 7) is 0. The quantitative estimate of drug-likeness (QED) is 0.464. The molecule has 6 heteroatoms. The molecule has 2 aromatic carbocycles. The molecule has 0 amide bonds. The summed E-state index contributed by atoms with van der Waals surface area (Å²) >= 11 is 6.02. The highest BCUT2D eigenvalue weighted by molar-refractivity contribution is 6.30. The van der Waals surface area contributed by atoms with E-state index in [1.54, 1.807) is 48.3 Å². The van der Waals surface area contributed by atoms with Crippen LogP contribution in [0.3, 0.4) is 0 Å². The molecular weight excluding hydrogens is 394 g/mol. The molecule has 0 saturated heterocycles. The van der Waals surface area contributed by atoms with Gasteiger partial charge in [0.15, 0.2) is 0 Å². The minimum Gasteiger partial charge on any atom is -0.383 e. The molecule has 3 nitrogen and oxygen atoms in total. The fourth-order valence-electron chi connectivity index (χ4n) is 3.50. The van der Waals surface area contributed by atoms with Crippen LogP contribution in [0.1, 0.15) is 17.2 Å². The lowest BCUT2D eigenvalue weighted by Crippen LogP contribution is -2.05. The standard InChI is InChI=1S/C23H17ClF2N2O/c1-28-13-19(14-4-6-16(24)7-5-14)21(23(29)15-3-2-10-27-12-15)22(28)18-9-8-17(25)11-20(18)26/h2-13,23,29H,1H3. The monoisotopic (exact) mass is 410 g/mol. The van der Waals surface area contributed by atoms with Crippen molar-refractivity contribution >= 4 is 11.6 Å². The zero-order valence-corrected chi connectivity index (χ0v) is 16.2. The second-order valence-corrected chi connectivity index (χ2v) is 7.17. The topological polar surface area (TPSA) is 38.0 Å². The number of benzene rings is 2. The van der Waals surface area contributed by atoms with Crippen molar-refractivity contribution in [2.45, 2.75) is 6.10 Å². The third-order valence-corrected chi connectivity index (χ3v) is 5.09. The van der Waals surface area contributed by atoms with Gasteiger partial charge in [-0.3, -0.25) is 4.98 Å². The van der Waals surface area contributed by atoms with E-state index in [1.807, 2.05) is 18.3 Å². The molecule has 1 unspecified atom stereocenters. The molecule has 0 bridgehead atoms. The molecule has 0 fully saturated rings. The highest BCUT2D eigenvalue weighted by Gasteiger charge is 2.26. The van der Waals surface area contributed by atoms with Gasteiger partial charge in [-0.15, -0.1) is 0 Å². The van der Waals surface area contributed by atoms with Crippen LogP contribution >= 0.6 is 11.6 Å². The van der Waals surface area contributed by atoms with E-state index in [0.717, 1.165) is 17.2 Å². The smallest absolute Gasteiger partial charge is 0.135 e. The second-order valence-electron chi connectivity index (χ2n) is 6.74. The molecule has 2 aromatic heterocycles. The molecule has 0 saturated carbocycles. The van der Waals surface area contributed by atoms with Gasteiger partial charge in [-0.1, -0.05) is 29.8 Å². The van der Waals surface area contributed by atoms with Gasteiger partial charge in [-0.25, -0.2) is 8.78 Å². The Morgan fingerprint density at radius 1 is 1.03 bits per heavy atom. The summed E-state index contributed by atoms with van der Waals surface area (Å²) in [5.41, 5.74) is 3.28. The Kier molecular flexibility index (Phi) is 5.18. The Labute approximate surface area is 171 Å². The van der Waals surface area contributed by atoms with Gasteiger partial charge in [0.2, 0.25) is 0 Å². The van der Waals surface area contributed by atoms with Gasteiger partial charge in [-0.05, 0) is 35.9 Å².